The molecule has 0 saturated heterocycles. The molecule has 1 aromatic carbocycles. The third kappa shape index (κ3) is 3.06. The molecule has 4 aromatic rings. The zero-order valence-electron chi connectivity index (χ0n) is 14.4. The van der Waals surface area contributed by atoms with E-state index in [0.29, 0.717) is 22.1 Å². The van der Waals surface area contributed by atoms with Gasteiger partial charge in [0.15, 0.2) is 16.3 Å². The first-order valence-corrected chi connectivity index (χ1v) is 8.80. The number of carbonyl (C=O) groups excluding carboxylic acids is 1. The number of benzene rings is 1. The Balaban J connectivity index is 1.76. The Morgan fingerprint density at radius 3 is 2.89 bits per heavy atom. The van der Waals surface area contributed by atoms with Gasteiger partial charge < -0.3 is 9.72 Å². The molecule has 0 saturated carbocycles. The van der Waals surface area contributed by atoms with Crippen LogP contribution in [0.2, 0.25) is 0 Å². The zero-order valence-corrected chi connectivity index (χ0v) is 15.2. The van der Waals surface area contributed by atoms with Crippen LogP contribution < -0.4 is 15.6 Å². The highest BCUT2D eigenvalue weighted by Crippen LogP contribution is 2.27. The van der Waals surface area contributed by atoms with Crippen molar-refractivity contribution < 1.29 is 9.53 Å². The van der Waals surface area contributed by atoms with Gasteiger partial charge in [-0.15, -0.1) is 16.4 Å². The fourth-order valence-corrected chi connectivity index (χ4v) is 3.34. The number of fused-ring (bicyclic) bond motifs is 1. The summed E-state index contributed by atoms with van der Waals surface area (Å²) in [6.45, 7) is 1.82. The van der Waals surface area contributed by atoms with Crippen LogP contribution in [0.1, 0.15) is 16.2 Å². The number of nitrogens with zero attached hydrogens (tertiary/aromatic N) is 4. The number of methoxy groups -OCH3 is 1. The SMILES string of the molecule is COc1ccccc1-c1cn2nnc(C(=O)Nc3nc(C)cs3)c2c(=O)[nH]1. The first-order valence-electron chi connectivity index (χ1n) is 7.92. The van der Waals surface area contributed by atoms with Gasteiger partial charge >= 0.3 is 0 Å². The number of H-pyrrole nitrogens is 1. The molecule has 27 heavy (non-hydrogen) atoms. The van der Waals surface area contributed by atoms with E-state index in [2.05, 4.69) is 25.6 Å². The molecule has 9 nitrogen and oxygen atoms in total. The van der Waals surface area contributed by atoms with Crippen LogP contribution in [0.4, 0.5) is 5.13 Å². The number of aromatic amines is 1. The number of rotatable bonds is 4. The lowest BCUT2D eigenvalue weighted by Gasteiger charge is -2.08. The van der Waals surface area contributed by atoms with Crippen molar-refractivity contribution in [2.45, 2.75) is 6.92 Å². The molecule has 2 N–H and O–H groups in total. The van der Waals surface area contributed by atoms with Gasteiger partial charge in [-0.05, 0) is 19.1 Å². The van der Waals surface area contributed by atoms with Crippen molar-refractivity contribution in [1.82, 2.24) is 24.8 Å². The number of aryl methyl sites for hydroxylation is 1. The van der Waals surface area contributed by atoms with Gasteiger partial charge in [-0.1, -0.05) is 17.3 Å². The number of ether oxygens (including phenoxy) is 1. The molecule has 0 unspecified atom stereocenters. The molecular weight excluding hydrogens is 368 g/mol. The molecule has 0 aliphatic carbocycles. The maximum absolute atomic E-state index is 12.6. The fraction of sp³-hybridized carbons (Fsp3) is 0.118. The first-order chi connectivity index (χ1) is 13.1. The Kier molecular flexibility index (Phi) is 4.16. The minimum absolute atomic E-state index is 0.0550. The lowest BCUT2D eigenvalue weighted by atomic mass is 10.1. The number of hydrogen-bond donors (Lipinski definition) is 2. The van der Waals surface area contributed by atoms with Crippen molar-refractivity contribution in [2.24, 2.45) is 0 Å². The van der Waals surface area contributed by atoms with E-state index in [-0.39, 0.29) is 11.2 Å². The smallest absolute Gasteiger partial charge is 0.280 e. The molecule has 1 amide bonds. The van der Waals surface area contributed by atoms with Crippen molar-refractivity contribution in [1.29, 1.82) is 0 Å². The van der Waals surface area contributed by atoms with Gasteiger partial charge in [0.25, 0.3) is 11.5 Å². The summed E-state index contributed by atoms with van der Waals surface area (Å²) in [5, 5.41) is 12.7. The quantitative estimate of drug-likeness (QED) is 0.559. The van der Waals surface area contributed by atoms with Gasteiger partial charge in [0.2, 0.25) is 0 Å². The molecule has 136 valence electrons. The summed E-state index contributed by atoms with van der Waals surface area (Å²) in [6, 6.07) is 7.26. The average molecular weight is 382 g/mol. The van der Waals surface area contributed by atoms with Gasteiger partial charge in [-0.2, -0.15) is 0 Å². The van der Waals surface area contributed by atoms with Crippen molar-refractivity contribution in [3.63, 3.8) is 0 Å². The molecule has 10 heteroatoms. The Morgan fingerprint density at radius 1 is 1.33 bits per heavy atom. The summed E-state index contributed by atoms with van der Waals surface area (Å²) in [5.74, 6) is 0.0552. The van der Waals surface area contributed by atoms with Crippen LogP contribution in [-0.4, -0.2) is 37.8 Å². The second kappa shape index (κ2) is 6.65. The van der Waals surface area contributed by atoms with E-state index in [1.54, 1.807) is 19.4 Å². The second-order valence-electron chi connectivity index (χ2n) is 5.68. The molecule has 0 aliphatic heterocycles. The van der Waals surface area contributed by atoms with Crippen LogP contribution in [0.15, 0.2) is 40.6 Å². The standard InChI is InChI=1S/C17H14N6O3S/c1-9-8-27-17(18-9)20-15(24)13-14-16(25)19-11(7-23(14)22-21-13)10-5-3-4-6-12(10)26-2/h3-8H,1-2H3,(H,19,25)(H,18,20,24). The van der Waals surface area contributed by atoms with Gasteiger partial charge in [0.1, 0.15) is 5.75 Å². The number of amides is 1. The minimum Gasteiger partial charge on any atom is -0.496 e. The van der Waals surface area contributed by atoms with Crippen molar-refractivity contribution in [3.8, 4) is 17.0 Å². The maximum Gasteiger partial charge on any atom is 0.280 e. The summed E-state index contributed by atoms with van der Waals surface area (Å²) in [4.78, 5) is 32.0. The molecule has 0 bridgehead atoms. The fourth-order valence-electron chi connectivity index (χ4n) is 2.66. The van der Waals surface area contributed by atoms with Crippen molar-refractivity contribution in [2.75, 3.05) is 12.4 Å². The van der Waals surface area contributed by atoms with E-state index in [9.17, 15) is 9.59 Å². The number of thiazole rings is 1. The van der Waals surface area contributed by atoms with Gasteiger partial charge in [0.05, 0.1) is 24.7 Å². The van der Waals surface area contributed by atoms with Crippen molar-refractivity contribution in [3.05, 3.63) is 57.6 Å². The molecule has 3 aromatic heterocycles. The Morgan fingerprint density at radius 2 is 2.15 bits per heavy atom. The predicted molar refractivity (Wildman–Crippen MR) is 100 cm³/mol. The highest BCUT2D eigenvalue weighted by atomic mass is 32.1. The van der Waals surface area contributed by atoms with Crippen molar-refractivity contribution >= 4 is 27.9 Å². The molecule has 3 heterocycles. The first kappa shape index (κ1) is 16.9. The Labute approximate surface area is 156 Å². The summed E-state index contributed by atoms with van der Waals surface area (Å²) in [7, 11) is 1.55. The zero-order chi connectivity index (χ0) is 19.0. The Bertz CT molecular complexity index is 1210. The number of anilines is 1. The van der Waals surface area contributed by atoms with Gasteiger partial charge in [-0.25, -0.2) is 9.50 Å². The minimum atomic E-state index is -0.546. The van der Waals surface area contributed by atoms with E-state index in [0.717, 1.165) is 5.69 Å². The van der Waals surface area contributed by atoms with Gasteiger partial charge in [0, 0.05) is 10.9 Å². The van der Waals surface area contributed by atoms with Gasteiger partial charge in [-0.3, -0.25) is 14.9 Å². The lowest BCUT2D eigenvalue weighted by Crippen LogP contribution is -2.18. The van der Waals surface area contributed by atoms with Crippen LogP contribution in [0.25, 0.3) is 16.8 Å². The molecule has 0 radical (unpaired) electrons. The molecule has 0 atom stereocenters. The summed E-state index contributed by atoms with van der Waals surface area (Å²) in [6.07, 6.45) is 1.59. The van der Waals surface area contributed by atoms with Crippen LogP contribution in [0.3, 0.4) is 0 Å². The largest absolute Gasteiger partial charge is 0.496 e. The molecule has 4 rings (SSSR count). The van der Waals surface area contributed by atoms with Crippen LogP contribution in [-0.2, 0) is 0 Å². The highest BCUT2D eigenvalue weighted by Gasteiger charge is 2.20. The molecular formula is C17H14N6O3S. The van der Waals surface area contributed by atoms with E-state index in [1.165, 1.54) is 15.9 Å². The Hall–Kier alpha value is -3.53. The topological polar surface area (TPSA) is 114 Å². The molecule has 0 spiro atoms. The van der Waals surface area contributed by atoms with E-state index in [4.69, 9.17) is 4.74 Å². The van der Waals surface area contributed by atoms with E-state index in [1.807, 2.05) is 30.5 Å². The number of aromatic nitrogens is 5. The van der Waals surface area contributed by atoms with E-state index >= 15 is 0 Å². The number of hydrogen-bond acceptors (Lipinski definition) is 7. The summed E-state index contributed by atoms with van der Waals surface area (Å²) >= 11 is 1.29. The maximum atomic E-state index is 12.6. The highest BCUT2D eigenvalue weighted by molar-refractivity contribution is 7.13. The van der Waals surface area contributed by atoms with E-state index < -0.39 is 11.5 Å². The number of nitrogens with one attached hydrogen (secondary N) is 2. The molecule has 0 aliphatic rings. The second-order valence-corrected chi connectivity index (χ2v) is 6.53. The molecule has 0 fully saturated rings. The van der Waals surface area contributed by atoms with Crippen LogP contribution >= 0.6 is 11.3 Å². The average Bonchev–Trinajstić information content (AvgIpc) is 3.28. The summed E-state index contributed by atoms with van der Waals surface area (Å²) < 4.78 is 6.61. The number of carbonyl (C=O) groups is 1. The normalized spacial score (nSPS) is 10.9. The third-order valence-corrected chi connectivity index (χ3v) is 4.74. The monoisotopic (exact) mass is 382 g/mol. The lowest BCUT2D eigenvalue weighted by molar-refractivity contribution is 0.102. The van der Waals surface area contributed by atoms with Crippen LogP contribution in [0.5, 0.6) is 5.75 Å². The predicted octanol–water partition coefficient (Wildman–Crippen LogP) is 2.11. The summed E-state index contributed by atoms with van der Waals surface area (Å²) in [5.41, 5.74) is 1.48. The van der Waals surface area contributed by atoms with Crippen LogP contribution in [0, 0.1) is 6.92 Å². The third-order valence-electron chi connectivity index (χ3n) is 3.86. The number of para-hydroxylation sites is 1.